The number of rotatable bonds is 61. The molecule has 1 atom stereocenters. The highest BCUT2D eigenvalue weighted by Gasteiger charge is 2.19. The van der Waals surface area contributed by atoms with Gasteiger partial charge in [0.05, 0.1) is 0 Å². The predicted octanol–water partition coefficient (Wildman–Crippen LogP) is 22.6. The molecule has 0 aromatic heterocycles. The Labute approximate surface area is 467 Å². The monoisotopic (exact) mass is 1050 g/mol. The van der Waals surface area contributed by atoms with Gasteiger partial charge >= 0.3 is 17.9 Å². The van der Waals surface area contributed by atoms with Gasteiger partial charge in [-0.15, -0.1) is 0 Å². The van der Waals surface area contributed by atoms with Gasteiger partial charge < -0.3 is 14.2 Å². The van der Waals surface area contributed by atoms with Crippen LogP contribution in [0, 0.1) is 0 Å². The standard InChI is InChI=1S/C69H126O6/c1-4-7-10-13-16-19-22-25-28-30-32-34-36-37-39-41-44-47-50-53-56-59-62-68(71)74-65-66(64-73-67(70)61-58-55-52-49-46-43-27-24-21-18-15-12-9-6-3)75-69(72)63-60-57-54-51-48-45-42-40-38-35-33-31-29-26-23-20-17-14-11-8-5-2/h23-24,26-27,31,33,38,40,66H,4-22,25,28-30,32,34-37,39,41-65H2,1-3H3/b26-23-,27-24-,33-31-,40-38-. The minimum atomic E-state index is -0.783. The summed E-state index contributed by atoms with van der Waals surface area (Å²) in [7, 11) is 0. The molecule has 0 aliphatic heterocycles. The predicted molar refractivity (Wildman–Crippen MR) is 325 cm³/mol. The Bertz CT molecular complexity index is 1300. The Morgan fingerprint density at radius 1 is 0.267 bits per heavy atom. The Kier molecular flexibility index (Phi) is 61.7. The average Bonchev–Trinajstić information content (AvgIpc) is 3.41. The van der Waals surface area contributed by atoms with Crippen LogP contribution in [0.25, 0.3) is 0 Å². The van der Waals surface area contributed by atoms with E-state index in [2.05, 4.69) is 69.4 Å². The fraction of sp³-hybridized carbons (Fsp3) is 0.841. The molecule has 1 unspecified atom stereocenters. The molecule has 0 saturated heterocycles. The van der Waals surface area contributed by atoms with Crippen LogP contribution in [0.2, 0.25) is 0 Å². The van der Waals surface area contributed by atoms with Crippen molar-refractivity contribution in [3.63, 3.8) is 0 Å². The molecule has 0 radical (unpaired) electrons. The lowest BCUT2D eigenvalue weighted by atomic mass is 10.0. The van der Waals surface area contributed by atoms with E-state index in [1.165, 1.54) is 231 Å². The van der Waals surface area contributed by atoms with Crippen molar-refractivity contribution in [1.82, 2.24) is 0 Å². The van der Waals surface area contributed by atoms with Gasteiger partial charge in [0, 0.05) is 19.3 Å². The van der Waals surface area contributed by atoms with E-state index in [0.29, 0.717) is 19.3 Å². The molecule has 6 nitrogen and oxygen atoms in total. The molecule has 0 aromatic rings. The van der Waals surface area contributed by atoms with E-state index in [1.807, 2.05) is 0 Å². The highest BCUT2D eigenvalue weighted by atomic mass is 16.6. The molecular formula is C69H126O6. The number of esters is 3. The van der Waals surface area contributed by atoms with Gasteiger partial charge in [0.1, 0.15) is 13.2 Å². The van der Waals surface area contributed by atoms with Crippen LogP contribution in [0.1, 0.15) is 355 Å². The van der Waals surface area contributed by atoms with Crippen LogP contribution in [0.3, 0.4) is 0 Å². The van der Waals surface area contributed by atoms with Crippen molar-refractivity contribution in [3.8, 4) is 0 Å². The summed E-state index contributed by atoms with van der Waals surface area (Å²) in [5.41, 5.74) is 0. The summed E-state index contributed by atoms with van der Waals surface area (Å²) in [6, 6.07) is 0. The second-order valence-corrected chi connectivity index (χ2v) is 22.4. The van der Waals surface area contributed by atoms with Gasteiger partial charge in [-0.05, 0) is 83.5 Å². The second-order valence-electron chi connectivity index (χ2n) is 22.4. The van der Waals surface area contributed by atoms with E-state index >= 15 is 0 Å². The van der Waals surface area contributed by atoms with Gasteiger partial charge in [-0.25, -0.2) is 0 Å². The van der Waals surface area contributed by atoms with Crippen molar-refractivity contribution < 1.29 is 28.6 Å². The molecule has 0 N–H and O–H groups in total. The Balaban J connectivity index is 4.33. The number of ether oxygens (including phenoxy) is 3. The van der Waals surface area contributed by atoms with Gasteiger partial charge in [-0.3, -0.25) is 14.4 Å². The summed E-state index contributed by atoms with van der Waals surface area (Å²) in [6.07, 6.45) is 79.8. The van der Waals surface area contributed by atoms with Crippen molar-refractivity contribution in [2.75, 3.05) is 13.2 Å². The summed E-state index contributed by atoms with van der Waals surface area (Å²) >= 11 is 0. The molecule has 0 heterocycles. The smallest absolute Gasteiger partial charge is 0.306 e. The van der Waals surface area contributed by atoms with E-state index in [4.69, 9.17) is 14.2 Å². The largest absolute Gasteiger partial charge is 0.462 e. The topological polar surface area (TPSA) is 78.9 Å². The molecule has 0 spiro atoms. The first-order valence-electron chi connectivity index (χ1n) is 33.1. The maximum atomic E-state index is 12.9. The average molecular weight is 1050 g/mol. The number of carbonyl (C=O) groups excluding carboxylic acids is 3. The molecule has 0 aromatic carbocycles. The minimum absolute atomic E-state index is 0.0775. The Morgan fingerprint density at radius 3 is 0.760 bits per heavy atom. The summed E-state index contributed by atoms with van der Waals surface area (Å²) in [4.78, 5) is 38.3. The summed E-state index contributed by atoms with van der Waals surface area (Å²) < 4.78 is 16.9. The molecule has 6 heteroatoms. The van der Waals surface area contributed by atoms with Crippen LogP contribution >= 0.6 is 0 Å². The first-order valence-corrected chi connectivity index (χ1v) is 33.1. The maximum Gasteiger partial charge on any atom is 0.306 e. The number of hydrogen-bond donors (Lipinski definition) is 0. The maximum absolute atomic E-state index is 12.9. The summed E-state index contributed by atoms with van der Waals surface area (Å²) in [5.74, 6) is -0.877. The fourth-order valence-corrected chi connectivity index (χ4v) is 9.80. The van der Waals surface area contributed by atoms with Crippen LogP contribution in [0.5, 0.6) is 0 Å². The zero-order valence-electron chi connectivity index (χ0n) is 50.3. The normalized spacial score (nSPS) is 12.3. The third-order valence-corrected chi connectivity index (χ3v) is 14.8. The molecule has 75 heavy (non-hydrogen) atoms. The number of carbonyl (C=O) groups is 3. The van der Waals surface area contributed by atoms with Gasteiger partial charge in [0.25, 0.3) is 0 Å². The van der Waals surface area contributed by atoms with Crippen molar-refractivity contribution in [3.05, 3.63) is 48.6 Å². The van der Waals surface area contributed by atoms with Gasteiger partial charge in [-0.1, -0.05) is 301 Å². The highest BCUT2D eigenvalue weighted by Crippen LogP contribution is 2.17. The quantitative estimate of drug-likeness (QED) is 0.0261. The number of hydrogen-bond acceptors (Lipinski definition) is 6. The van der Waals surface area contributed by atoms with E-state index < -0.39 is 6.10 Å². The molecule has 438 valence electrons. The SMILES string of the molecule is CCCCCCC/C=C\C/C=C\C/C=C\CCCCCCCCC(=O)OC(COC(=O)CCCCCCC/C=C\CCCCCCC)COC(=O)CCCCCCCCCCCCCCCCCCCCCCCC. The van der Waals surface area contributed by atoms with Gasteiger partial charge in [0.2, 0.25) is 0 Å². The number of allylic oxidation sites excluding steroid dienone is 8. The summed E-state index contributed by atoms with van der Waals surface area (Å²) in [6.45, 7) is 6.66. The Hall–Kier alpha value is -2.63. The van der Waals surface area contributed by atoms with E-state index in [9.17, 15) is 14.4 Å². The molecule has 0 bridgehead atoms. The van der Waals surface area contributed by atoms with Crippen molar-refractivity contribution in [2.24, 2.45) is 0 Å². The zero-order valence-corrected chi connectivity index (χ0v) is 50.3. The van der Waals surface area contributed by atoms with Crippen LogP contribution in [-0.2, 0) is 28.6 Å². The van der Waals surface area contributed by atoms with Crippen molar-refractivity contribution >= 4 is 17.9 Å². The first kappa shape index (κ1) is 72.4. The molecule has 0 fully saturated rings. The van der Waals surface area contributed by atoms with Crippen LogP contribution in [-0.4, -0.2) is 37.2 Å². The minimum Gasteiger partial charge on any atom is -0.462 e. The number of unbranched alkanes of at least 4 members (excludes halogenated alkanes) is 42. The van der Waals surface area contributed by atoms with Crippen LogP contribution in [0.15, 0.2) is 48.6 Å². The molecule has 0 aliphatic carbocycles. The third-order valence-electron chi connectivity index (χ3n) is 14.8. The lowest BCUT2D eigenvalue weighted by Gasteiger charge is -2.18. The second kappa shape index (κ2) is 63.9. The van der Waals surface area contributed by atoms with E-state index in [0.717, 1.165) is 83.5 Å². The molecule has 0 saturated carbocycles. The fourth-order valence-electron chi connectivity index (χ4n) is 9.80. The highest BCUT2D eigenvalue weighted by molar-refractivity contribution is 5.71. The van der Waals surface area contributed by atoms with E-state index in [-0.39, 0.29) is 31.1 Å². The van der Waals surface area contributed by atoms with Gasteiger partial charge in [-0.2, -0.15) is 0 Å². The summed E-state index contributed by atoms with van der Waals surface area (Å²) in [5, 5.41) is 0. The van der Waals surface area contributed by atoms with Crippen LogP contribution in [0.4, 0.5) is 0 Å². The molecule has 0 amide bonds. The molecular weight excluding hydrogens is 925 g/mol. The lowest BCUT2D eigenvalue weighted by molar-refractivity contribution is -0.167. The third kappa shape index (κ3) is 62.1. The first-order chi connectivity index (χ1) is 37.0. The van der Waals surface area contributed by atoms with E-state index in [1.54, 1.807) is 0 Å². The van der Waals surface area contributed by atoms with Crippen molar-refractivity contribution in [1.29, 1.82) is 0 Å². The zero-order chi connectivity index (χ0) is 54.3. The molecule has 0 rings (SSSR count). The molecule has 0 aliphatic rings. The van der Waals surface area contributed by atoms with Gasteiger partial charge in [0.15, 0.2) is 6.10 Å². The van der Waals surface area contributed by atoms with Crippen LogP contribution < -0.4 is 0 Å². The lowest BCUT2D eigenvalue weighted by Crippen LogP contribution is -2.30. The Morgan fingerprint density at radius 2 is 0.480 bits per heavy atom. The van der Waals surface area contributed by atoms with Crippen molar-refractivity contribution in [2.45, 2.75) is 361 Å².